The zero-order valence-corrected chi connectivity index (χ0v) is 12.4. The molecule has 0 saturated carbocycles. The number of H-pyrrole nitrogens is 1. The molecule has 5 nitrogen and oxygen atoms in total. The highest BCUT2D eigenvalue weighted by atomic mass is 19.1. The number of aromatic nitrogens is 3. The molecule has 6 heteroatoms. The van der Waals surface area contributed by atoms with Gasteiger partial charge in [-0.3, -0.25) is 9.89 Å². The van der Waals surface area contributed by atoms with Gasteiger partial charge in [-0.2, -0.15) is 5.10 Å². The van der Waals surface area contributed by atoms with Crippen LogP contribution in [0.4, 0.5) is 4.39 Å². The minimum atomic E-state index is -0.342. The summed E-state index contributed by atoms with van der Waals surface area (Å²) in [5, 5.41) is 9.78. The summed E-state index contributed by atoms with van der Waals surface area (Å²) in [6.07, 6.45) is 0.129. The van der Waals surface area contributed by atoms with Crippen LogP contribution in [0.5, 0.6) is 0 Å². The summed E-state index contributed by atoms with van der Waals surface area (Å²) in [4.78, 5) is 16.4. The number of carbonyl (C=O) groups excluding carboxylic acids is 1. The Kier molecular flexibility index (Phi) is 4.67. The Bertz CT molecular complexity index is 624. The van der Waals surface area contributed by atoms with Crippen molar-refractivity contribution in [3.8, 4) is 0 Å². The maximum Gasteiger partial charge on any atom is 0.225 e. The van der Waals surface area contributed by atoms with E-state index in [9.17, 15) is 9.18 Å². The second-order valence-corrected chi connectivity index (χ2v) is 5.37. The number of halogens is 1. The Morgan fingerprint density at radius 1 is 1.43 bits per heavy atom. The molecule has 0 aliphatic carbocycles. The molecule has 1 amide bonds. The molecule has 0 spiro atoms. The third kappa shape index (κ3) is 4.11. The SMILES string of the molecule is Cc1nc([C@H](NC(=O)Cc2cccc(F)c2)C(C)C)n[nH]1. The van der Waals surface area contributed by atoms with E-state index in [1.54, 1.807) is 12.1 Å². The van der Waals surface area contributed by atoms with Crippen LogP contribution in [0, 0.1) is 18.7 Å². The lowest BCUT2D eigenvalue weighted by atomic mass is 10.0. The van der Waals surface area contributed by atoms with Gasteiger partial charge in [-0.05, 0) is 30.5 Å². The van der Waals surface area contributed by atoms with E-state index in [1.807, 2.05) is 20.8 Å². The second kappa shape index (κ2) is 6.47. The number of amides is 1. The van der Waals surface area contributed by atoms with Crippen LogP contribution in [-0.4, -0.2) is 21.1 Å². The van der Waals surface area contributed by atoms with Crippen LogP contribution in [0.1, 0.15) is 37.1 Å². The largest absolute Gasteiger partial charge is 0.345 e. The molecule has 0 aliphatic rings. The van der Waals surface area contributed by atoms with Gasteiger partial charge in [0.1, 0.15) is 11.6 Å². The first-order chi connectivity index (χ1) is 9.95. The molecule has 21 heavy (non-hydrogen) atoms. The number of aryl methyl sites for hydroxylation is 1. The number of carbonyl (C=O) groups is 1. The van der Waals surface area contributed by atoms with Gasteiger partial charge < -0.3 is 5.32 Å². The van der Waals surface area contributed by atoms with Gasteiger partial charge in [0.25, 0.3) is 0 Å². The Labute approximate surface area is 123 Å². The van der Waals surface area contributed by atoms with E-state index in [-0.39, 0.29) is 30.1 Å². The van der Waals surface area contributed by atoms with Crippen molar-refractivity contribution in [3.05, 3.63) is 47.3 Å². The predicted molar refractivity (Wildman–Crippen MR) is 76.9 cm³/mol. The average molecular weight is 290 g/mol. The van der Waals surface area contributed by atoms with Crippen molar-refractivity contribution in [3.63, 3.8) is 0 Å². The first-order valence-electron chi connectivity index (χ1n) is 6.88. The molecule has 0 saturated heterocycles. The summed E-state index contributed by atoms with van der Waals surface area (Å²) in [5.41, 5.74) is 0.640. The van der Waals surface area contributed by atoms with Crippen LogP contribution in [0.3, 0.4) is 0 Å². The molecule has 112 valence electrons. The highest BCUT2D eigenvalue weighted by Gasteiger charge is 2.22. The van der Waals surface area contributed by atoms with Gasteiger partial charge in [0.15, 0.2) is 5.82 Å². The van der Waals surface area contributed by atoms with Crippen molar-refractivity contribution >= 4 is 5.91 Å². The average Bonchev–Trinajstić information content (AvgIpc) is 2.82. The summed E-state index contributed by atoms with van der Waals surface area (Å²) in [5.74, 6) is 0.897. The number of aromatic amines is 1. The van der Waals surface area contributed by atoms with Gasteiger partial charge in [-0.1, -0.05) is 26.0 Å². The van der Waals surface area contributed by atoms with Gasteiger partial charge in [-0.25, -0.2) is 9.37 Å². The van der Waals surface area contributed by atoms with Gasteiger partial charge in [0.2, 0.25) is 5.91 Å². The smallest absolute Gasteiger partial charge is 0.225 e. The van der Waals surface area contributed by atoms with E-state index < -0.39 is 0 Å². The van der Waals surface area contributed by atoms with Gasteiger partial charge in [0.05, 0.1) is 12.5 Å². The number of hydrogen-bond acceptors (Lipinski definition) is 3. The molecule has 0 radical (unpaired) electrons. The molecule has 0 fully saturated rings. The van der Waals surface area contributed by atoms with Crippen molar-refractivity contribution in [2.45, 2.75) is 33.2 Å². The van der Waals surface area contributed by atoms with Crippen molar-refractivity contribution in [2.75, 3.05) is 0 Å². The van der Waals surface area contributed by atoms with Crippen LogP contribution < -0.4 is 5.32 Å². The zero-order chi connectivity index (χ0) is 15.4. The summed E-state index contributed by atoms with van der Waals surface area (Å²) < 4.78 is 13.1. The molecule has 1 aromatic carbocycles. The molecule has 1 atom stereocenters. The molecule has 1 aromatic heterocycles. The number of nitrogens with one attached hydrogen (secondary N) is 2. The topological polar surface area (TPSA) is 70.7 Å². The summed E-state index contributed by atoms with van der Waals surface area (Å²) in [6, 6.07) is 5.77. The van der Waals surface area contributed by atoms with Crippen molar-refractivity contribution < 1.29 is 9.18 Å². The maximum absolute atomic E-state index is 13.1. The van der Waals surface area contributed by atoms with Crippen LogP contribution in [0.15, 0.2) is 24.3 Å². The van der Waals surface area contributed by atoms with Gasteiger partial charge in [-0.15, -0.1) is 0 Å². The Balaban J connectivity index is 2.05. The Morgan fingerprint density at radius 3 is 2.76 bits per heavy atom. The van der Waals surface area contributed by atoms with Crippen molar-refractivity contribution in [1.82, 2.24) is 20.5 Å². The quantitative estimate of drug-likeness (QED) is 0.887. The second-order valence-electron chi connectivity index (χ2n) is 5.37. The molecule has 2 N–H and O–H groups in total. The first-order valence-corrected chi connectivity index (χ1v) is 6.88. The Hall–Kier alpha value is -2.24. The Morgan fingerprint density at radius 2 is 2.19 bits per heavy atom. The fourth-order valence-electron chi connectivity index (χ4n) is 2.09. The van der Waals surface area contributed by atoms with Crippen molar-refractivity contribution in [2.24, 2.45) is 5.92 Å². The van der Waals surface area contributed by atoms with Crippen LogP contribution >= 0.6 is 0 Å². The normalized spacial score (nSPS) is 12.4. The lowest BCUT2D eigenvalue weighted by Crippen LogP contribution is -2.33. The molecule has 0 unspecified atom stereocenters. The fourth-order valence-corrected chi connectivity index (χ4v) is 2.09. The van der Waals surface area contributed by atoms with Crippen LogP contribution in [0.2, 0.25) is 0 Å². The third-order valence-electron chi connectivity index (χ3n) is 3.13. The molecular formula is C15H19FN4O. The molecule has 1 heterocycles. The predicted octanol–water partition coefficient (Wildman–Crippen LogP) is 2.31. The van der Waals surface area contributed by atoms with Crippen LogP contribution in [-0.2, 0) is 11.2 Å². The van der Waals surface area contributed by atoms with E-state index in [1.165, 1.54) is 12.1 Å². The number of benzene rings is 1. The number of hydrogen-bond donors (Lipinski definition) is 2. The van der Waals surface area contributed by atoms with E-state index in [0.29, 0.717) is 17.2 Å². The minimum Gasteiger partial charge on any atom is -0.345 e. The fraction of sp³-hybridized carbons (Fsp3) is 0.400. The zero-order valence-electron chi connectivity index (χ0n) is 12.4. The van der Waals surface area contributed by atoms with E-state index in [2.05, 4.69) is 20.5 Å². The van der Waals surface area contributed by atoms with Gasteiger partial charge in [0, 0.05) is 0 Å². The lowest BCUT2D eigenvalue weighted by molar-refractivity contribution is -0.121. The molecule has 2 aromatic rings. The minimum absolute atomic E-state index is 0.129. The molecule has 0 bridgehead atoms. The first kappa shape index (κ1) is 15.2. The standard InChI is InChI=1S/C15H19FN4O/c1-9(2)14(15-17-10(3)19-20-15)18-13(21)8-11-5-4-6-12(16)7-11/h4-7,9,14H,8H2,1-3H3,(H,18,21)(H,17,19,20)/t14-/m1/s1. The van der Waals surface area contributed by atoms with E-state index in [4.69, 9.17) is 0 Å². The number of rotatable bonds is 5. The van der Waals surface area contributed by atoms with Gasteiger partial charge >= 0.3 is 0 Å². The van der Waals surface area contributed by atoms with Crippen LogP contribution in [0.25, 0.3) is 0 Å². The maximum atomic E-state index is 13.1. The highest BCUT2D eigenvalue weighted by Crippen LogP contribution is 2.18. The highest BCUT2D eigenvalue weighted by molar-refractivity contribution is 5.78. The van der Waals surface area contributed by atoms with E-state index >= 15 is 0 Å². The summed E-state index contributed by atoms with van der Waals surface area (Å²) in [6.45, 7) is 5.78. The summed E-state index contributed by atoms with van der Waals surface area (Å²) in [7, 11) is 0. The third-order valence-corrected chi connectivity index (χ3v) is 3.13. The summed E-state index contributed by atoms with van der Waals surface area (Å²) >= 11 is 0. The molecule has 2 rings (SSSR count). The molecule has 0 aliphatic heterocycles. The molecular weight excluding hydrogens is 271 g/mol. The van der Waals surface area contributed by atoms with E-state index in [0.717, 1.165) is 0 Å². The lowest BCUT2D eigenvalue weighted by Gasteiger charge is -2.19. The number of nitrogens with zero attached hydrogens (tertiary/aromatic N) is 2. The van der Waals surface area contributed by atoms with Crippen molar-refractivity contribution in [1.29, 1.82) is 0 Å². The monoisotopic (exact) mass is 290 g/mol.